The van der Waals surface area contributed by atoms with E-state index in [1.165, 1.54) is 5.56 Å². The van der Waals surface area contributed by atoms with E-state index in [2.05, 4.69) is 22.0 Å². The largest absolute Gasteiger partial charge is 0.474 e. The third kappa shape index (κ3) is 5.30. The van der Waals surface area contributed by atoms with Crippen LogP contribution < -0.4 is 9.64 Å². The number of carbonyl (C=O) groups excluding carboxylic acids is 1. The molecule has 0 radical (unpaired) electrons. The third-order valence-corrected chi connectivity index (χ3v) is 6.82. The summed E-state index contributed by atoms with van der Waals surface area (Å²) in [6.07, 6.45) is 5.92. The number of piperazine rings is 1. The minimum atomic E-state index is -0.474. The Morgan fingerprint density at radius 2 is 1.74 bits per heavy atom. The second-order valence-electron chi connectivity index (χ2n) is 10.7. The van der Waals surface area contributed by atoms with Crippen LogP contribution in [-0.4, -0.2) is 59.0 Å². The number of anilines is 1. The van der Waals surface area contributed by atoms with Gasteiger partial charge in [0.2, 0.25) is 5.88 Å². The van der Waals surface area contributed by atoms with Crippen LogP contribution in [0.3, 0.4) is 0 Å². The molecule has 2 unspecified atom stereocenters. The Bertz CT molecular complexity index is 973. The molecule has 0 N–H and O–H groups in total. The lowest BCUT2D eigenvalue weighted by Crippen LogP contribution is -2.56. The topological polar surface area (TPSA) is 64.1 Å². The van der Waals surface area contributed by atoms with Gasteiger partial charge in [0.05, 0.1) is 12.7 Å². The summed E-state index contributed by atoms with van der Waals surface area (Å²) in [6, 6.07) is 14.9. The van der Waals surface area contributed by atoms with Crippen molar-refractivity contribution in [1.29, 1.82) is 0 Å². The quantitative estimate of drug-likeness (QED) is 0.611. The number of amides is 1. The van der Waals surface area contributed by atoms with Gasteiger partial charge < -0.3 is 24.0 Å². The van der Waals surface area contributed by atoms with Gasteiger partial charge in [0.15, 0.2) is 0 Å². The van der Waals surface area contributed by atoms with Gasteiger partial charge in [-0.15, -0.1) is 0 Å². The second-order valence-corrected chi connectivity index (χ2v) is 10.7. The van der Waals surface area contributed by atoms with Gasteiger partial charge in [-0.25, -0.2) is 9.78 Å². The molecule has 2 bridgehead atoms. The van der Waals surface area contributed by atoms with Crippen molar-refractivity contribution in [2.75, 3.05) is 18.0 Å². The average Bonchev–Trinajstić information content (AvgIpc) is 3.04. The predicted octanol–water partition coefficient (Wildman–Crippen LogP) is 4.80. The molecule has 2 saturated heterocycles. The zero-order valence-electron chi connectivity index (χ0n) is 20.4. The summed E-state index contributed by atoms with van der Waals surface area (Å²) in [4.78, 5) is 21.4. The van der Waals surface area contributed by atoms with Gasteiger partial charge in [0.1, 0.15) is 11.7 Å². The number of benzene rings is 1. The van der Waals surface area contributed by atoms with Crippen molar-refractivity contribution in [1.82, 2.24) is 9.88 Å². The normalized spacial score (nSPS) is 26.2. The van der Waals surface area contributed by atoms with Crippen molar-refractivity contribution in [3.63, 3.8) is 0 Å². The summed E-state index contributed by atoms with van der Waals surface area (Å²) in [5.74, 6) is 0.665. The fourth-order valence-electron chi connectivity index (χ4n) is 5.13. The molecule has 7 nitrogen and oxygen atoms in total. The molecule has 3 aliphatic rings. The fourth-order valence-corrected chi connectivity index (χ4v) is 5.13. The van der Waals surface area contributed by atoms with Gasteiger partial charge in [-0.1, -0.05) is 30.3 Å². The standard InChI is InChI=1S/C27H35N3O4/c1-27(2,3)34-26(31)29-16-21-9-10-22(17-29)30(21)20-11-12-28-25(13-20)33-24-14-23(15-24)32-18-19-7-5-4-6-8-19/h4-8,11-13,21-24H,9-10,14-18H2,1-3H3/t21?,22?,23-,24+. The molecule has 2 aliphatic heterocycles. The average molecular weight is 466 g/mol. The van der Waals surface area contributed by atoms with E-state index in [1.807, 2.05) is 62.2 Å². The Hall–Kier alpha value is -2.80. The van der Waals surface area contributed by atoms with E-state index in [1.54, 1.807) is 0 Å². The van der Waals surface area contributed by atoms with E-state index in [0.29, 0.717) is 37.7 Å². The van der Waals surface area contributed by atoms with Crippen molar-refractivity contribution < 1.29 is 19.0 Å². The monoisotopic (exact) mass is 465 g/mol. The van der Waals surface area contributed by atoms with Crippen molar-refractivity contribution in [2.24, 2.45) is 0 Å². The van der Waals surface area contributed by atoms with Crippen LogP contribution in [-0.2, 0) is 16.1 Å². The van der Waals surface area contributed by atoms with Crippen molar-refractivity contribution in [3.8, 4) is 5.88 Å². The molecule has 7 heteroatoms. The Labute approximate surface area is 202 Å². The highest BCUT2D eigenvalue weighted by atomic mass is 16.6. The lowest BCUT2D eigenvalue weighted by Gasteiger charge is -2.42. The molecule has 3 fully saturated rings. The number of aromatic nitrogens is 1. The van der Waals surface area contributed by atoms with Crippen LogP contribution in [0.4, 0.5) is 10.5 Å². The number of pyridine rings is 1. The Balaban J connectivity index is 1.14. The number of hydrogen-bond acceptors (Lipinski definition) is 6. The first-order valence-electron chi connectivity index (χ1n) is 12.4. The summed E-state index contributed by atoms with van der Waals surface area (Å²) in [5.41, 5.74) is 1.85. The first-order valence-corrected chi connectivity index (χ1v) is 12.4. The Morgan fingerprint density at radius 1 is 1.03 bits per heavy atom. The zero-order valence-corrected chi connectivity index (χ0v) is 20.4. The third-order valence-electron chi connectivity index (χ3n) is 6.82. The molecule has 1 amide bonds. The van der Waals surface area contributed by atoms with Crippen molar-refractivity contribution >= 4 is 11.8 Å². The smallest absolute Gasteiger partial charge is 0.410 e. The lowest BCUT2D eigenvalue weighted by molar-refractivity contribution is -0.0694. The van der Waals surface area contributed by atoms with Crippen molar-refractivity contribution in [2.45, 2.75) is 83.0 Å². The molecule has 2 atom stereocenters. The van der Waals surface area contributed by atoms with Crippen LogP contribution in [0.2, 0.25) is 0 Å². The number of hydrogen-bond donors (Lipinski definition) is 0. The minimum Gasteiger partial charge on any atom is -0.474 e. The molecule has 1 aliphatic carbocycles. The number of carbonyl (C=O) groups is 1. The fraction of sp³-hybridized carbons (Fsp3) is 0.556. The highest BCUT2D eigenvalue weighted by Gasteiger charge is 2.42. The van der Waals surface area contributed by atoms with E-state index in [0.717, 1.165) is 31.4 Å². The van der Waals surface area contributed by atoms with Gasteiger partial charge in [-0.2, -0.15) is 0 Å². The highest BCUT2D eigenvalue weighted by Crippen LogP contribution is 2.37. The second kappa shape index (κ2) is 9.45. The molecule has 182 valence electrons. The van der Waals surface area contributed by atoms with Crippen LogP contribution >= 0.6 is 0 Å². The Morgan fingerprint density at radius 3 is 2.41 bits per heavy atom. The van der Waals surface area contributed by atoms with Crippen LogP contribution in [0.5, 0.6) is 5.88 Å². The number of fused-ring (bicyclic) bond motifs is 2. The maximum atomic E-state index is 12.6. The summed E-state index contributed by atoms with van der Waals surface area (Å²) < 4.78 is 17.8. The van der Waals surface area contributed by atoms with E-state index in [4.69, 9.17) is 14.2 Å². The molecular weight excluding hydrogens is 430 g/mol. The SMILES string of the molecule is CC(C)(C)OC(=O)N1CC2CCC(C1)N2c1ccnc(O[C@H]2C[C@@H](OCc3ccccc3)C2)c1. The summed E-state index contributed by atoms with van der Waals surface area (Å²) in [6.45, 7) is 7.75. The van der Waals surface area contributed by atoms with Gasteiger partial charge in [-0.3, -0.25) is 0 Å². The van der Waals surface area contributed by atoms with Gasteiger partial charge in [0.25, 0.3) is 0 Å². The molecule has 1 aromatic heterocycles. The molecule has 0 spiro atoms. The molecular formula is C27H35N3O4. The number of ether oxygens (including phenoxy) is 3. The van der Waals surface area contributed by atoms with E-state index in [-0.39, 0.29) is 18.3 Å². The molecule has 1 aromatic carbocycles. The predicted molar refractivity (Wildman–Crippen MR) is 130 cm³/mol. The van der Waals surface area contributed by atoms with Crippen LogP contribution in [0, 0.1) is 0 Å². The first-order chi connectivity index (χ1) is 16.3. The van der Waals surface area contributed by atoms with E-state index in [9.17, 15) is 4.79 Å². The molecule has 3 heterocycles. The van der Waals surface area contributed by atoms with E-state index < -0.39 is 5.60 Å². The van der Waals surface area contributed by atoms with Gasteiger partial charge >= 0.3 is 6.09 Å². The first kappa shape index (κ1) is 23.0. The van der Waals surface area contributed by atoms with E-state index >= 15 is 0 Å². The molecule has 34 heavy (non-hydrogen) atoms. The van der Waals surface area contributed by atoms with Crippen LogP contribution in [0.1, 0.15) is 52.0 Å². The highest BCUT2D eigenvalue weighted by molar-refractivity contribution is 5.69. The van der Waals surface area contributed by atoms with Crippen molar-refractivity contribution in [3.05, 3.63) is 54.2 Å². The number of likely N-dealkylation sites (tertiary alicyclic amines) is 1. The van der Waals surface area contributed by atoms with Crippen LogP contribution in [0.25, 0.3) is 0 Å². The molecule has 5 rings (SSSR count). The molecule has 2 aromatic rings. The molecule has 1 saturated carbocycles. The zero-order chi connectivity index (χ0) is 23.7. The maximum absolute atomic E-state index is 12.6. The summed E-state index contributed by atoms with van der Waals surface area (Å²) in [7, 11) is 0. The summed E-state index contributed by atoms with van der Waals surface area (Å²) >= 11 is 0. The lowest BCUT2D eigenvalue weighted by atomic mass is 9.92. The minimum absolute atomic E-state index is 0.143. The van der Waals surface area contributed by atoms with Crippen LogP contribution in [0.15, 0.2) is 48.7 Å². The Kier molecular flexibility index (Phi) is 6.38. The summed E-state index contributed by atoms with van der Waals surface area (Å²) in [5, 5.41) is 0. The maximum Gasteiger partial charge on any atom is 0.410 e. The number of rotatable bonds is 6. The van der Waals surface area contributed by atoms with Gasteiger partial charge in [0, 0.05) is 56.0 Å². The van der Waals surface area contributed by atoms with Gasteiger partial charge in [-0.05, 0) is 45.2 Å². The number of nitrogens with zero attached hydrogens (tertiary/aromatic N) is 3.